The van der Waals surface area contributed by atoms with Gasteiger partial charge in [0.1, 0.15) is 0 Å². The second-order valence-electron chi connectivity index (χ2n) is 11.6. The van der Waals surface area contributed by atoms with Crippen molar-refractivity contribution in [3.63, 3.8) is 0 Å². The van der Waals surface area contributed by atoms with Crippen LogP contribution in [0.5, 0.6) is 0 Å². The number of rotatable bonds is 3. The fourth-order valence-electron chi connectivity index (χ4n) is 7.33. The van der Waals surface area contributed by atoms with Gasteiger partial charge >= 0.3 is 0 Å². The van der Waals surface area contributed by atoms with Crippen LogP contribution < -0.4 is 0 Å². The lowest BCUT2D eigenvalue weighted by Gasteiger charge is -2.29. The molecule has 0 saturated heterocycles. The average Bonchev–Trinajstić information content (AvgIpc) is 3.49. The second kappa shape index (κ2) is 8.81. The summed E-state index contributed by atoms with van der Waals surface area (Å²) in [5, 5.41) is 2.59. The minimum Gasteiger partial charge on any atom is -0.309 e. The summed E-state index contributed by atoms with van der Waals surface area (Å²) in [6, 6.07) is 49.3. The molecule has 0 bridgehead atoms. The Labute approximate surface area is 241 Å². The lowest BCUT2D eigenvalue weighted by Crippen LogP contribution is -2.23. The average molecular weight is 526 g/mol. The Bertz CT molecular complexity index is 2130. The maximum absolute atomic E-state index is 2.53. The molecule has 1 aromatic heterocycles. The van der Waals surface area contributed by atoms with Crippen molar-refractivity contribution >= 4 is 21.8 Å². The highest BCUT2D eigenvalue weighted by Crippen LogP contribution is 2.55. The van der Waals surface area contributed by atoms with Gasteiger partial charge in [0.15, 0.2) is 0 Å². The molecule has 1 aliphatic carbocycles. The molecule has 1 aliphatic rings. The molecule has 1 unspecified atom stereocenters. The van der Waals surface area contributed by atoms with E-state index in [0.717, 1.165) is 0 Å². The van der Waals surface area contributed by atoms with E-state index in [9.17, 15) is 0 Å². The first-order valence-corrected chi connectivity index (χ1v) is 14.5. The molecule has 0 N–H and O–H groups in total. The van der Waals surface area contributed by atoms with Crippen molar-refractivity contribution in [2.75, 3.05) is 0 Å². The molecule has 1 heteroatoms. The normalized spacial score (nSPS) is 15.8. The zero-order chi connectivity index (χ0) is 27.7. The van der Waals surface area contributed by atoms with E-state index < -0.39 is 0 Å². The summed E-state index contributed by atoms with van der Waals surface area (Å²) in [5.74, 6) is 0. The summed E-state index contributed by atoms with van der Waals surface area (Å²) in [6.45, 7) is 6.85. The van der Waals surface area contributed by atoms with Gasteiger partial charge in [-0.05, 0) is 89.0 Å². The number of aromatic nitrogens is 1. The first-order chi connectivity index (χ1) is 20.1. The molecule has 7 aromatic rings. The first kappa shape index (κ1) is 24.0. The molecule has 1 heterocycles. The molecule has 0 fully saturated rings. The number of hydrogen-bond donors (Lipinski definition) is 0. The van der Waals surface area contributed by atoms with E-state index >= 15 is 0 Å². The van der Waals surface area contributed by atoms with Crippen LogP contribution in [0.2, 0.25) is 0 Å². The third-order valence-corrected chi connectivity index (χ3v) is 9.36. The Kier molecular flexibility index (Phi) is 5.15. The van der Waals surface area contributed by atoms with E-state index in [2.05, 4.69) is 159 Å². The van der Waals surface area contributed by atoms with E-state index in [-0.39, 0.29) is 5.41 Å². The van der Waals surface area contributed by atoms with Crippen LogP contribution in [-0.2, 0) is 5.41 Å². The van der Waals surface area contributed by atoms with Crippen LogP contribution in [0, 0.1) is 13.8 Å². The van der Waals surface area contributed by atoms with Gasteiger partial charge in [-0.1, -0.05) is 115 Å². The third kappa shape index (κ3) is 3.30. The third-order valence-electron chi connectivity index (χ3n) is 9.36. The summed E-state index contributed by atoms with van der Waals surface area (Å²) in [4.78, 5) is 0. The monoisotopic (exact) mass is 525 g/mol. The molecule has 0 aliphatic heterocycles. The number of aryl methyl sites for hydroxylation is 2. The van der Waals surface area contributed by atoms with Crippen LogP contribution in [0.3, 0.4) is 0 Å². The predicted molar refractivity (Wildman–Crippen MR) is 173 cm³/mol. The van der Waals surface area contributed by atoms with Crippen molar-refractivity contribution in [1.82, 2.24) is 4.57 Å². The number of hydrogen-bond acceptors (Lipinski definition) is 0. The highest BCUT2D eigenvalue weighted by atomic mass is 15.0. The van der Waals surface area contributed by atoms with Gasteiger partial charge in [-0.25, -0.2) is 0 Å². The summed E-state index contributed by atoms with van der Waals surface area (Å²) in [5.41, 5.74) is 15.3. The zero-order valence-corrected chi connectivity index (χ0v) is 23.6. The molecule has 6 aromatic carbocycles. The molecule has 196 valence electrons. The minimum absolute atomic E-state index is 0.289. The van der Waals surface area contributed by atoms with Gasteiger partial charge in [-0.2, -0.15) is 0 Å². The van der Waals surface area contributed by atoms with Gasteiger partial charge in [-0.15, -0.1) is 0 Å². The highest BCUT2D eigenvalue weighted by molar-refractivity contribution is 6.13. The number of nitrogens with zero attached hydrogens (tertiary/aromatic N) is 1. The second-order valence-corrected chi connectivity index (χ2v) is 11.6. The van der Waals surface area contributed by atoms with Gasteiger partial charge < -0.3 is 4.57 Å². The lowest BCUT2D eigenvalue weighted by atomic mass is 9.73. The van der Waals surface area contributed by atoms with Crippen molar-refractivity contribution in [2.45, 2.75) is 26.2 Å². The molecule has 0 spiro atoms. The largest absolute Gasteiger partial charge is 0.309 e. The smallest absolute Gasteiger partial charge is 0.0591 e. The summed E-state index contributed by atoms with van der Waals surface area (Å²) < 4.78 is 2.53. The van der Waals surface area contributed by atoms with E-state index in [1.54, 1.807) is 0 Å². The van der Waals surface area contributed by atoms with Gasteiger partial charge in [0.2, 0.25) is 0 Å². The predicted octanol–water partition coefficient (Wildman–Crippen LogP) is 10.4. The Hall–Kier alpha value is -4.88. The van der Waals surface area contributed by atoms with E-state index in [4.69, 9.17) is 0 Å². The fraction of sp³-hybridized carbons (Fsp3) is 0.100. The maximum Gasteiger partial charge on any atom is 0.0591 e. The lowest BCUT2D eigenvalue weighted by molar-refractivity contribution is 0.717. The molecular weight excluding hydrogens is 494 g/mol. The van der Waals surface area contributed by atoms with Crippen LogP contribution >= 0.6 is 0 Å². The Morgan fingerprint density at radius 3 is 2.02 bits per heavy atom. The van der Waals surface area contributed by atoms with E-state index in [1.807, 2.05) is 0 Å². The molecule has 41 heavy (non-hydrogen) atoms. The standard InChI is InChI=1S/C40H31N/c1-26-13-7-8-16-30(26)35-25-29(22-21-27(35)2)41-37-20-12-10-18-32(37)34-24-23-33-31-17-9-11-19-36(31)40(3,38(33)39(34)41)28-14-5-4-6-15-28/h4-25H,1-3H3. The topological polar surface area (TPSA) is 4.93 Å². The SMILES string of the molecule is Cc1ccccc1-c1cc(-n2c3ccccc3c3ccc4c(c32)C(C)(c2ccccc2)c2ccccc2-4)ccc1C. The van der Waals surface area contributed by atoms with Crippen LogP contribution in [0.25, 0.3) is 49.7 Å². The Morgan fingerprint density at radius 1 is 0.512 bits per heavy atom. The van der Waals surface area contributed by atoms with Gasteiger partial charge in [-0.3, -0.25) is 0 Å². The summed E-state index contributed by atoms with van der Waals surface area (Å²) in [7, 11) is 0. The van der Waals surface area contributed by atoms with Crippen molar-refractivity contribution < 1.29 is 0 Å². The fourth-order valence-corrected chi connectivity index (χ4v) is 7.33. The molecular formula is C40H31N. The Morgan fingerprint density at radius 2 is 1.20 bits per heavy atom. The molecule has 0 amide bonds. The summed E-state index contributed by atoms with van der Waals surface area (Å²) >= 11 is 0. The molecule has 0 radical (unpaired) electrons. The first-order valence-electron chi connectivity index (χ1n) is 14.5. The zero-order valence-electron chi connectivity index (χ0n) is 23.6. The number of fused-ring (bicyclic) bond motifs is 7. The molecule has 0 saturated carbocycles. The molecule has 1 atom stereocenters. The minimum atomic E-state index is -0.289. The van der Waals surface area contributed by atoms with Gasteiger partial charge in [0.05, 0.1) is 11.0 Å². The quantitative estimate of drug-likeness (QED) is 0.216. The summed E-state index contributed by atoms with van der Waals surface area (Å²) in [6.07, 6.45) is 0. The van der Waals surface area contributed by atoms with Crippen LogP contribution in [-0.4, -0.2) is 4.57 Å². The van der Waals surface area contributed by atoms with Crippen molar-refractivity contribution in [2.24, 2.45) is 0 Å². The van der Waals surface area contributed by atoms with E-state index in [0.29, 0.717) is 0 Å². The maximum atomic E-state index is 2.53. The van der Waals surface area contributed by atoms with E-state index in [1.165, 1.54) is 77.6 Å². The molecule has 8 rings (SSSR count). The van der Waals surface area contributed by atoms with Crippen LogP contribution in [0.15, 0.2) is 133 Å². The highest BCUT2D eigenvalue weighted by Gasteiger charge is 2.43. The van der Waals surface area contributed by atoms with Crippen molar-refractivity contribution in [3.05, 3.63) is 161 Å². The van der Waals surface area contributed by atoms with Gasteiger partial charge in [0, 0.05) is 21.9 Å². The van der Waals surface area contributed by atoms with Crippen molar-refractivity contribution in [3.8, 4) is 27.9 Å². The van der Waals surface area contributed by atoms with Crippen LogP contribution in [0.4, 0.5) is 0 Å². The van der Waals surface area contributed by atoms with Crippen molar-refractivity contribution in [1.29, 1.82) is 0 Å². The van der Waals surface area contributed by atoms with Gasteiger partial charge in [0.25, 0.3) is 0 Å². The van der Waals surface area contributed by atoms with Crippen LogP contribution in [0.1, 0.15) is 34.7 Å². The molecule has 1 nitrogen and oxygen atoms in total. The Balaban J connectivity index is 1.53. The number of benzene rings is 6. The number of para-hydroxylation sites is 1.